The normalized spacial score (nSPS) is 22.4. The maximum absolute atomic E-state index is 11.8. The first kappa shape index (κ1) is 14.8. The molecule has 0 bridgehead atoms. The van der Waals surface area contributed by atoms with Gasteiger partial charge in [0.25, 0.3) is 0 Å². The molecule has 2 unspecified atom stereocenters. The quantitative estimate of drug-likeness (QED) is 0.774. The Balaban J connectivity index is 2.58. The van der Waals surface area contributed by atoms with Gasteiger partial charge in [0.05, 0.1) is 0 Å². The third-order valence-corrected chi connectivity index (χ3v) is 2.81. The van der Waals surface area contributed by atoms with E-state index in [4.69, 9.17) is 9.84 Å². The van der Waals surface area contributed by atoms with Gasteiger partial charge in [-0.1, -0.05) is 0 Å². The minimum Gasteiger partial charge on any atom is -0.479 e. The van der Waals surface area contributed by atoms with Crippen molar-refractivity contribution in [3.05, 3.63) is 0 Å². The van der Waals surface area contributed by atoms with Gasteiger partial charge < -0.3 is 19.8 Å². The number of nitrogens with zero attached hydrogens (tertiary/aromatic N) is 1. The molecule has 0 spiro atoms. The van der Waals surface area contributed by atoms with Crippen LogP contribution in [0.3, 0.4) is 0 Å². The van der Waals surface area contributed by atoms with Gasteiger partial charge in [-0.2, -0.15) is 0 Å². The zero-order valence-corrected chi connectivity index (χ0v) is 11.0. The van der Waals surface area contributed by atoms with Crippen molar-refractivity contribution in [3.8, 4) is 0 Å². The summed E-state index contributed by atoms with van der Waals surface area (Å²) in [6.45, 7) is 6.09. The molecule has 2 atom stereocenters. The smallest absolute Gasteiger partial charge is 0.410 e. The summed E-state index contributed by atoms with van der Waals surface area (Å²) in [4.78, 5) is 24.0. The molecule has 2 N–H and O–H groups in total. The van der Waals surface area contributed by atoms with Crippen molar-refractivity contribution in [2.45, 2.75) is 45.3 Å². The van der Waals surface area contributed by atoms with Crippen LogP contribution in [0, 0.1) is 5.92 Å². The highest BCUT2D eigenvalue weighted by Crippen LogP contribution is 2.22. The molecule has 1 saturated heterocycles. The standard InChI is InChI=1S/C12H21NO5/c1-12(2,3)18-11(17)13-6-4-5-8(7-13)9(14)10(15)16/h8-9,14H,4-7H2,1-3H3,(H,15,16). The van der Waals surface area contributed by atoms with E-state index < -0.39 is 29.7 Å². The molecule has 1 rings (SSSR count). The zero-order valence-electron chi connectivity index (χ0n) is 11.0. The molecule has 1 fully saturated rings. The summed E-state index contributed by atoms with van der Waals surface area (Å²) in [7, 11) is 0. The molecule has 104 valence electrons. The molecule has 0 aliphatic carbocycles. The molecule has 0 saturated carbocycles. The summed E-state index contributed by atoms with van der Waals surface area (Å²) in [5, 5.41) is 18.3. The van der Waals surface area contributed by atoms with Gasteiger partial charge in [0, 0.05) is 19.0 Å². The lowest BCUT2D eigenvalue weighted by Gasteiger charge is -2.34. The highest BCUT2D eigenvalue weighted by Gasteiger charge is 2.33. The summed E-state index contributed by atoms with van der Waals surface area (Å²) < 4.78 is 5.22. The van der Waals surface area contributed by atoms with Gasteiger partial charge in [0.2, 0.25) is 0 Å². The number of aliphatic hydroxyl groups excluding tert-OH is 1. The van der Waals surface area contributed by atoms with Crippen LogP contribution in [0.5, 0.6) is 0 Å². The Kier molecular flexibility index (Phi) is 4.56. The number of amides is 1. The van der Waals surface area contributed by atoms with Crippen LogP contribution in [0.25, 0.3) is 0 Å². The van der Waals surface area contributed by atoms with E-state index in [0.29, 0.717) is 19.4 Å². The minimum absolute atomic E-state index is 0.225. The van der Waals surface area contributed by atoms with Crippen molar-refractivity contribution in [3.63, 3.8) is 0 Å². The van der Waals surface area contributed by atoms with Gasteiger partial charge in [0.1, 0.15) is 5.60 Å². The molecule has 1 amide bonds. The largest absolute Gasteiger partial charge is 0.479 e. The molecule has 0 aromatic rings. The average molecular weight is 259 g/mol. The zero-order chi connectivity index (χ0) is 13.9. The number of ether oxygens (including phenoxy) is 1. The van der Waals surface area contributed by atoms with E-state index in [0.717, 1.165) is 0 Å². The van der Waals surface area contributed by atoms with E-state index in [2.05, 4.69) is 0 Å². The first-order chi connectivity index (χ1) is 8.20. The van der Waals surface area contributed by atoms with Crippen molar-refractivity contribution >= 4 is 12.1 Å². The molecule has 18 heavy (non-hydrogen) atoms. The minimum atomic E-state index is -1.42. The number of carbonyl (C=O) groups excluding carboxylic acids is 1. The van der Waals surface area contributed by atoms with Gasteiger partial charge in [0.15, 0.2) is 6.10 Å². The van der Waals surface area contributed by atoms with Gasteiger partial charge in [-0.3, -0.25) is 0 Å². The van der Waals surface area contributed by atoms with Crippen molar-refractivity contribution in [2.75, 3.05) is 13.1 Å². The molecule has 0 aromatic heterocycles. The van der Waals surface area contributed by atoms with Crippen LogP contribution in [0.15, 0.2) is 0 Å². The second-order valence-electron chi connectivity index (χ2n) is 5.61. The highest BCUT2D eigenvalue weighted by atomic mass is 16.6. The lowest BCUT2D eigenvalue weighted by molar-refractivity contribution is -0.150. The number of aliphatic hydroxyl groups is 1. The SMILES string of the molecule is CC(C)(C)OC(=O)N1CCCC(C(O)C(=O)O)C1. The van der Waals surface area contributed by atoms with Crippen LogP contribution in [-0.4, -0.2) is 52.0 Å². The molecular formula is C12H21NO5. The Morgan fingerprint density at radius 2 is 2.00 bits per heavy atom. The molecule has 1 aliphatic heterocycles. The first-order valence-corrected chi connectivity index (χ1v) is 6.09. The molecule has 6 heteroatoms. The Labute approximate surface area is 107 Å². The van der Waals surface area contributed by atoms with Crippen molar-refractivity contribution in [2.24, 2.45) is 5.92 Å². The van der Waals surface area contributed by atoms with Crippen LogP contribution >= 0.6 is 0 Å². The Morgan fingerprint density at radius 3 is 2.50 bits per heavy atom. The molecule has 0 radical (unpaired) electrons. The van der Waals surface area contributed by atoms with E-state index in [1.165, 1.54) is 4.90 Å². The monoisotopic (exact) mass is 259 g/mol. The summed E-state index contributed by atoms with van der Waals surface area (Å²) >= 11 is 0. The number of likely N-dealkylation sites (tertiary alicyclic amines) is 1. The summed E-state index contributed by atoms with van der Waals surface area (Å²) in [5.74, 6) is -1.67. The van der Waals surface area contributed by atoms with Crippen molar-refractivity contribution in [1.29, 1.82) is 0 Å². The average Bonchev–Trinajstić information content (AvgIpc) is 2.25. The number of aliphatic carboxylic acids is 1. The Bertz CT molecular complexity index is 323. The Morgan fingerprint density at radius 1 is 1.39 bits per heavy atom. The van der Waals surface area contributed by atoms with E-state index in [9.17, 15) is 14.7 Å². The Hall–Kier alpha value is -1.30. The molecule has 6 nitrogen and oxygen atoms in total. The van der Waals surface area contributed by atoms with Gasteiger partial charge in [-0.15, -0.1) is 0 Å². The van der Waals surface area contributed by atoms with Crippen LogP contribution in [0.1, 0.15) is 33.6 Å². The summed E-state index contributed by atoms with van der Waals surface area (Å²) in [6, 6.07) is 0. The van der Waals surface area contributed by atoms with Crippen LogP contribution in [0.4, 0.5) is 4.79 Å². The topological polar surface area (TPSA) is 87.1 Å². The molecule has 1 heterocycles. The van der Waals surface area contributed by atoms with Crippen LogP contribution in [0.2, 0.25) is 0 Å². The number of carbonyl (C=O) groups is 2. The van der Waals surface area contributed by atoms with E-state index in [1.807, 2.05) is 0 Å². The third kappa shape index (κ3) is 4.18. The number of rotatable bonds is 2. The van der Waals surface area contributed by atoms with E-state index >= 15 is 0 Å². The third-order valence-electron chi connectivity index (χ3n) is 2.81. The highest BCUT2D eigenvalue weighted by molar-refractivity contribution is 5.73. The van der Waals surface area contributed by atoms with Crippen molar-refractivity contribution < 1.29 is 24.5 Å². The van der Waals surface area contributed by atoms with Crippen LogP contribution < -0.4 is 0 Å². The predicted molar refractivity (Wildman–Crippen MR) is 64.2 cm³/mol. The van der Waals surface area contributed by atoms with Gasteiger partial charge in [-0.25, -0.2) is 9.59 Å². The lowest BCUT2D eigenvalue weighted by Crippen LogP contribution is -2.47. The number of piperidine rings is 1. The fraction of sp³-hybridized carbons (Fsp3) is 0.833. The van der Waals surface area contributed by atoms with Gasteiger partial charge in [-0.05, 0) is 33.6 Å². The molecular weight excluding hydrogens is 238 g/mol. The van der Waals surface area contributed by atoms with E-state index in [-0.39, 0.29) is 6.54 Å². The van der Waals surface area contributed by atoms with E-state index in [1.54, 1.807) is 20.8 Å². The maximum Gasteiger partial charge on any atom is 0.410 e. The number of carboxylic acid groups (broad SMARTS) is 1. The molecule has 1 aliphatic rings. The number of hydrogen-bond donors (Lipinski definition) is 2. The summed E-state index contributed by atoms with van der Waals surface area (Å²) in [6.07, 6.45) is -0.596. The number of hydrogen-bond acceptors (Lipinski definition) is 4. The lowest BCUT2D eigenvalue weighted by atomic mass is 9.93. The second-order valence-corrected chi connectivity index (χ2v) is 5.61. The number of carboxylic acids is 1. The first-order valence-electron chi connectivity index (χ1n) is 6.09. The van der Waals surface area contributed by atoms with Crippen LogP contribution in [-0.2, 0) is 9.53 Å². The maximum atomic E-state index is 11.8. The fourth-order valence-corrected chi connectivity index (χ4v) is 1.96. The predicted octanol–water partition coefficient (Wildman–Crippen LogP) is 1.08. The van der Waals surface area contributed by atoms with Crippen molar-refractivity contribution in [1.82, 2.24) is 4.90 Å². The molecule has 0 aromatic carbocycles. The fourth-order valence-electron chi connectivity index (χ4n) is 1.96. The summed E-state index contributed by atoms with van der Waals surface area (Å²) in [5.41, 5.74) is -0.574. The van der Waals surface area contributed by atoms with Gasteiger partial charge >= 0.3 is 12.1 Å². The second kappa shape index (κ2) is 5.56.